The lowest BCUT2D eigenvalue weighted by Crippen LogP contribution is -2.18. The summed E-state index contributed by atoms with van der Waals surface area (Å²) < 4.78 is 5.30. The zero-order valence-corrected chi connectivity index (χ0v) is 20.1. The van der Waals surface area contributed by atoms with Crippen LogP contribution < -0.4 is 0 Å². The third-order valence-corrected chi connectivity index (χ3v) is 5.74. The zero-order valence-electron chi connectivity index (χ0n) is 19.3. The van der Waals surface area contributed by atoms with E-state index >= 15 is 0 Å². The van der Waals surface area contributed by atoms with E-state index in [9.17, 15) is 0 Å². The molecule has 2 aromatic carbocycles. The Hall–Kier alpha value is -3.12. The van der Waals surface area contributed by atoms with Crippen LogP contribution in [0.3, 0.4) is 0 Å². The molecule has 2 heteroatoms. The molecule has 0 radical (unpaired) electrons. The van der Waals surface area contributed by atoms with Crippen LogP contribution in [0.4, 0.5) is 0 Å². The van der Waals surface area contributed by atoms with Crippen LogP contribution in [0.15, 0.2) is 83.1 Å². The van der Waals surface area contributed by atoms with Gasteiger partial charge in [0.05, 0.1) is 0 Å². The van der Waals surface area contributed by atoms with Gasteiger partial charge in [0.1, 0.15) is 5.60 Å². The Balaban J connectivity index is 1.64. The van der Waals surface area contributed by atoms with Crippen molar-refractivity contribution < 1.29 is 4.74 Å². The van der Waals surface area contributed by atoms with Crippen molar-refractivity contribution in [3.05, 3.63) is 99.8 Å². The molecule has 0 aliphatic rings. The van der Waals surface area contributed by atoms with Crippen molar-refractivity contribution in [3.63, 3.8) is 0 Å². The number of hydrogen-bond donors (Lipinski definition) is 0. The number of benzene rings is 2. The molecule has 1 aromatic heterocycles. The first kappa shape index (κ1) is 23.5. The monoisotopic (exact) mass is 438 g/mol. The molecule has 0 unspecified atom stereocenters. The van der Waals surface area contributed by atoms with Crippen LogP contribution in [0.2, 0.25) is 0 Å². The van der Waals surface area contributed by atoms with Gasteiger partial charge in [-0.15, -0.1) is 0 Å². The summed E-state index contributed by atoms with van der Waals surface area (Å²) in [6.07, 6.45) is 11.4. The fourth-order valence-electron chi connectivity index (χ4n) is 3.11. The number of methoxy groups -OCH3 is 1. The molecule has 0 spiro atoms. The van der Waals surface area contributed by atoms with Crippen LogP contribution in [-0.4, -0.2) is 12.7 Å². The van der Waals surface area contributed by atoms with Gasteiger partial charge in [-0.3, -0.25) is 0 Å². The van der Waals surface area contributed by atoms with E-state index in [0.29, 0.717) is 0 Å². The fourth-order valence-corrected chi connectivity index (χ4v) is 3.77. The van der Waals surface area contributed by atoms with Crippen LogP contribution in [0.25, 0.3) is 29.4 Å². The second-order valence-electron chi connectivity index (χ2n) is 8.22. The third kappa shape index (κ3) is 7.54. The van der Waals surface area contributed by atoms with E-state index in [1.807, 2.05) is 19.9 Å². The first-order valence-electron chi connectivity index (χ1n) is 10.8. The van der Waals surface area contributed by atoms with E-state index in [1.165, 1.54) is 33.4 Å². The summed E-state index contributed by atoms with van der Waals surface area (Å²) in [5.41, 5.74) is 7.01. The zero-order chi connectivity index (χ0) is 22.8. The number of allylic oxidation sites excluding steroid dienone is 3. The maximum atomic E-state index is 5.30. The van der Waals surface area contributed by atoms with Gasteiger partial charge < -0.3 is 4.74 Å². The van der Waals surface area contributed by atoms with Crippen molar-refractivity contribution in [3.8, 4) is 23.0 Å². The maximum absolute atomic E-state index is 5.30. The molecule has 0 amide bonds. The Kier molecular flexibility index (Phi) is 8.45. The van der Waals surface area contributed by atoms with Crippen molar-refractivity contribution in [1.82, 2.24) is 0 Å². The first-order chi connectivity index (χ1) is 15.4. The lowest BCUT2D eigenvalue weighted by molar-refractivity contribution is 0.0742. The second kappa shape index (κ2) is 11.5. The van der Waals surface area contributed by atoms with Crippen LogP contribution in [0.5, 0.6) is 0 Å². The Morgan fingerprint density at radius 2 is 1.69 bits per heavy atom. The number of rotatable bonds is 7. The molecule has 0 aliphatic carbocycles. The first-order valence-corrected chi connectivity index (χ1v) is 11.7. The molecule has 0 fully saturated rings. The number of hydrogen-bond acceptors (Lipinski definition) is 2. The minimum atomic E-state index is -0.408. The fraction of sp³-hybridized carbons (Fsp3) is 0.200. The minimum Gasteiger partial charge on any atom is -0.366 e. The van der Waals surface area contributed by atoms with E-state index in [1.54, 1.807) is 18.4 Å². The molecular formula is C30H30OS. The predicted octanol–water partition coefficient (Wildman–Crippen LogP) is 8.36. The summed E-state index contributed by atoms with van der Waals surface area (Å²) in [5, 5.41) is 4.30. The van der Waals surface area contributed by atoms with Gasteiger partial charge in [-0.2, -0.15) is 11.3 Å². The van der Waals surface area contributed by atoms with Crippen molar-refractivity contribution in [1.29, 1.82) is 0 Å². The van der Waals surface area contributed by atoms with Gasteiger partial charge >= 0.3 is 0 Å². The lowest BCUT2D eigenvalue weighted by atomic mass is 10.0. The highest BCUT2D eigenvalue weighted by atomic mass is 32.1. The Morgan fingerprint density at radius 1 is 0.969 bits per heavy atom. The average molecular weight is 439 g/mol. The topological polar surface area (TPSA) is 9.23 Å². The Bertz CT molecular complexity index is 1160. The molecule has 3 aromatic rings. The van der Waals surface area contributed by atoms with Gasteiger partial charge in [-0.05, 0) is 90.0 Å². The molecule has 0 N–H and O–H groups in total. The second-order valence-corrected chi connectivity index (χ2v) is 9.00. The van der Waals surface area contributed by atoms with E-state index in [-0.39, 0.29) is 0 Å². The van der Waals surface area contributed by atoms with Crippen LogP contribution in [0.1, 0.15) is 43.9 Å². The van der Waals surface area contributed by atoms with Gasteiger partial charge in [-0.1, -0.05) is 78.1 Å². The largest absolute Gasteiger partial charge is 0.366 e. The van der Waals surface area contributed by atoms with Gasteiger partial charge in [0.2, 0.25) is 0 Å². The SMILES string of the molecule is COC(C)(C)C#C/C=C/C/C(C)=C\c1cccc(/C=C/c2cccc(-c3ccsc3)c2)c1. The van der Waals surface area contributed by atoms with E-state index in [2.05, 4.69) is 108 Å². The maximum Gasteiger partial charge on any atom is 0.123 e. The molecule has 1 heterocycles. The molecule has 1 nitrogen and oxygen atoms in total. The molecular weight excluding hydrogens is 408 g/mol. The summed E-state index contributed by atoms with van der Waals surface area (Å²) >= 11 is 1.73. The highest BCUT2D eigenvalue weighted by Gasteiger charge is 2.09. The molecule has 3 rings (SSSR count). The molecule has 0 saturated carbocycles. The summed E-state index contributed by atoms with van der Waals surface area (Å²) in [6.45, 7) is 6.07. The lowest BCUT2D eigenvalue weighted by Gasteiger charge is -2.13. The minimum absolute atomic E-state index is 0.408. The third-order valence-electron chi connectivity index (χ3n) is 5.06. The molecule has 0 aliphatic heterocycles. The van der Waals surface area contributed by atoms with E-state index in [4.69, 9.17) is 4.74 Å². The van der Waals surface area contributed by atoms with Gasteiger partial charge in [0, 0.05) is 7.11 Å². The molecule has 32 heavy (non-hydrogen) atoms. The summed E-state index contributed by atoms with van der Waals surface area (Å²) in [4.78, 5) is 0. The van der Waals surface area contributed by atoms with Crippen LogP contribution >= 0.6 is 11.3 Å². The highest BCUT2D eigenvalue weighted by Crippen LogP contribution is 2.24. The Morgan fingerprint density at radius 3 is 2.41 bits per heavy atom. The summed E-state index contributed by atoms with van der Waals surface area (Å²) in [5.74, 6) is 6.15. The van der Waals surface area contributed by atoms with Gasteiger partial charge in [-0.25, -0.2) is 0 Å². The normalized spacial score (nSPS) is 12.3. The molecule has 0 saturated heterocycles. The van der Waals surface area contributed by atoms with Gasteiger partial charge in [0.25, 0.3) is 0 Å². The molecule has 0 bridgehead atoms. The quantitative estimate of drug-likeness (QED) is 0.266. The summed E-state index contributed by atoms with van der Waals surface area (Å²) in [6, 6.07) is 19.4. The molecule has 0 atom stereocenters. The smallest absolute Gasteiger partial charge is 0.123 e. The van der Waals surface area contributed by atoms with Crippen molar-refractivity contribution in [2.24, 2.45) is 0 Å². The van der Waals surface area contributed by atoms with Crippen LogP contribution in [-0.2, 0) is 4.74 Å². The number of thiophene rings is 1. The predicted molar refractivity (Wildman–Crippen MR) is 141 cm³/mol. The van der Waals surface area contributed by atoms with Crippen molar-refractivity contribution in [2.45, 2.75) is 32.8 Å². The van der Waals surface area contributed by atoms with Gasteiger partial charge in [0.15, 0.2) is 0 Å². The van der Waals surface area contributed by atoms with Crippen LogP contribution in [0, 0.1) is 11.8 Å². The molecule has 162 valence electrons. The van der Waals surface area contributed by atoms with E-state index < -0.39 is 5.60 Å². The summed E-state index contributed by atoms with van der Waals surface area (Å²) in [7, 11) is 1.68. The standard InChI is InChI=1S/C30H30OS/c1-24(10-6-5-7-18-30(2,3)31-4)20-27-13-8-11-25(21-27)15-16-26-12-9-14-28(22-26)29-17-19-32-23-29/h5-6,8-9,11-17,19-23H,10H2,1-4H3/b6-5+,16-15+,24-20-. The number of ether oxygens (including phenoxy) is 1. The Labute approximate surface area is 196 Å². The van der Waals surface area contributed by atoms with E-state index in [0.717, 1.165) is 6.42 Å². The van der Waals surface area contributed by atoms with Crippen molar-refractivity contribution in [2.75, 3.05) is 7.11 Å². The van der Waals surface area contributed by atoms with Crippen molar-refractivity contribution >= 4 is 29.6 Å². The highest BCUT2D eigenvalue weighted by molar-refractivity contribution is 7.08. The average Bonchev–Trinajstić information content (AvgIpc) is 3.33.